The van der Waals surface area contributed by atoms with Crippen LogP contribution in [0.1, 0.15) is 11.1 Å². The van der Waals surface area contributed by atoms with Gasteiger partial charge in [-0.05, 0) is 37.1 Å². The molecule has 0 bridgehead atoms. The Kier molecular flexibility index (Phi) is 5.60. The molecule has 0 unspecified atom stereocenters. The van der Waals surface area contributed by atoms with E-state index in [0.29, 0.717) is 29.9 Å². The van der Waals surface area contributed by atoms with Crippen LogP contribution >= 0.6 is 0 Å². The number of quaternary nitrogens is 2. The second-order valence-electron chi connectivity index (χ2n) is 10.2. The van der Waals surface area contributed by atoms with Crippen LogP contribution in [-0.2, 0) is 13.1 Å². The number of nitrogens with zero attached hydrogens (tertiary/aromatic N) is 6. The Morgan fingerprint density at radius 1 is 0.800 bits per heavy atom. The van der Waals surface area contributed by atoms with Gasteiger partial charge in [0, 0.05) is 0 Å². The fraction of sp³-hybridized carbons (Fsp3) is 0.545. The van der Waals surface area contributed by atoms with Crippen LogP contribution in [0.3, 0.4) is 0 Å². The summed E-state index contributed by atoms with van der Waals surface area (Å²) >= 11 is 0. The van der Waals surface area contributed by atoms with Crippen LogP contribution in [0.5, 0.6) is 0 Å². The van der Waals surface area contributed by atoms with Crippen molar-refractivity contribution in [1.29, 1.82) is 0 Å². The summed E-state index contributed by atoms with van der Waals surface area (Å²) in [5.41, 5.74) is 3.29. The molecular formula is C22H34N6O2+2. The van der Waals surface area contributed by atoms with E-state index in [1.807, 2.05) is 38.7 Å². The molecule has 162 valence electrons. The number of benzene rings is 1. The van der Waals surface area contributed by atoms with E-state index in [4.69, 9.17) is 0 Å². The predicted octanol–water partition coefficient (Wildman–Crippen LogP) is 1.09. The molecule has 0 atom stereocenters. The van der Waals surface area contributed by atoms with Gasteiger partial charge in [0.15, 0.2) is 11.5 Å². The topological polar surface area (TPSA) is 69.8 Å². The van der Waals surface area contributed by atoms with Gasteiger partial charge in [-0.15, -0.1) is 0 Å². The maximum Gasteiger partial charge on any atom is 0.352 e. The zero-order chi connectivity index (χ0) is 22.4. The average molecular weight is 415 g/mol. The number of aryl methyl sites for hydroxylation is 2. The highest BCUT2D eigenvalue weighted by Crippen LogP contribution is 2.24. The molecule has 2 heterocycles. The van der Waals surface area contributed by atoms with E-state index in [-0.39, 0.29) is 11.3 Å². The first-order chi connectivity index (χ1) is 13.8. The highest BCUT2D eigenvalue weighted by molar-refractivity contribution is 5.81. The monoisotopic (exact) mass is 414 g/mol. The zero-order valence-electron chi connectivity index (χ0n) is 19.5. The molecule has 0 aliphatic carbocycles. The number of likely N-dealkylation sites (N-methyl/N-ethyl adjacent to an activating group) is 2. The van der Waals surface area contributed by atoms with Crippen molar-refractivity contribution >= 4 is 11.0 Å². The lowest BCUT2D eigenvalue weighted by atomic mass is 10.1. The molecule has 3 rings (SSSR count). The smallest absolute Gasteiger partial charge is 0.329 e. The number of aromatic nitrogens is 4. The fourth-order valence-corrected chi connectivity index (χ4v) is 3.35. The second-order valence-corrected chi connectivity index (χ2v) is 10.2. The predicted molar refractivity (Wildman–Crippen MR) is 120 cm³/mol. The van der Waals surface area contributed by atoms with Gasteiger partial charge in [0.25, 0.3) is 5.56 Å². The van der Waals surface area contributed by atoms with Gasteiger partial charge in [0.2, 0.25) is 0 Å². The Hall–Kier alpha value is -2.58. The Morgan fingerprint density at radius 2 is 1.33 bits per heavy atom. The molecule has 8 nitrogen and oxygen atoms in total. The molecule has 1 aromatic carbocycles. The first-order valence-corrected chi connectivity index (χ1v) is 10.3. The zero-order valence-corrected chi connectivity index (χ0v) is 19.5. The third-order valence-electron chi connectivity index (χ3n) is 5.45. The summed E-state index contributed by atoms with van der Waals surface area (Å²) in [5, 5.41) is 0. The minimum atomic E-state index is -0.509. The Bertz CT molecular complexity index is 1180. The fourth-order valence-electron chi connectivity index (χ4n) is 3.35. The van der Waals surface area contributed by atoms with Crippen molar-refractivity contribution in [1.82, 2.24) is 19.1 Å². The van der Waals surface area contributed by atoms with Crippen LogP contribution in [0.4, 0.5) is 0 Å². The second kappa shape index (κ2) is 7.59. The van der Waals surface area contributed by atoms with E-state index in [2.05, 4.69) is 44.1 Å². The van der Waals surface area contributed by atoms with Crippen LogP contribution < -0.4 is 11.2 Å². The lowest BCUT2D eigenvalue weighted by Gasteiger charge is -2.26. The molecule has 0 saturated carbocycles. The van der Waals surface area contributed by atoms with Gasteiger partial charge in [0.05, 0.1) is 79.5 Å². The Labute approximate surface area is 177 Å². The minimum Gasteiger partial charge on any atom is -0.329 e. The lowest BCUT2D eigenvalue weighted by Crippen LogP contribution is -2.45. The third-order valence-corrected chi connectivity index (χ3v) is 5.45. The van der Waals surface area contributed by atoms with Gasteiger partial charge in [-0.3, -0.25) is 9.36 Å². The first-order valence-electron chi connectivity index (χ1n) is 10.3. The number of hydrogen-bond acceptors (Lipinski definition) is 4. The molecule has 0 spiro atoms. The summed E-state index contributed by atoms with van der Waals surface area (Å²) in [6, 6.07) is 4.08. The van der Waals surface area contributed by atoms with Crippen LogP contribution in [0.15, 0.2) is 21.7 Å². The third kappa shape index (κ3) is 4.60. The van der Waals surface area contributed by atoms with E-state index in [0.717, 1.165) is 33.2 Å². The first kappa shape index (κ1) is 22.1. The summed E-state index contributed by atoms with van der Waals surface area (Å²) in [7, 11) is 12.4. The van der Waals surface area contributed by atoms with Gasteiger partial charge in [-0.2, -0.15) is 4.98 Å². The molecule has 0 amide bonds. The molecule has 0 radical (unpaired) electrons. The molecule has 2 aliphatic rings. The van der Waals surface area contributed by atoms with Crippen molar-refractivity contribution in [2.45, 2.75) is 26.9 Å². The van der Waals surface area contributed by atoms with Crippen molar-refractivity contribution < 1.29 is 8.97 Å². The van der Waals surface area contributed by atoms with Crippen LogP contribution in [0.25, 0.3) is 22.6 Å². The lowest BCUT2D eigenvalue weighted by molar-refractivity contribution is -0.871. The van der Waals surface area contributed by atoms with Crippen LogP contribution in [0.2, 0.25) is 0 Å². The van der Waals surface area contributed by atoms with Gasteiger partial charge >= 0.3 is 5.69 Å². The average Bonchev–Trinajstić information content (AvgIpc) is 2.59. The largest absolute Gasteiger partial charge is 0.352 e. The summed E-state index contributed by atoms with van der Waals surface area (Å²) in [5.74, 6) is 0.371. The summed E-state index contributed by atoms with van der Waals surface area (Å²) in [4.78, 5) is 35.0. The van der Waals surface area contributed by atoms with Gasteiger partial charge < -0.3 is 13.5 Å². The summed E-state index contributed by atoms with van der Waals surface area (Å²) in [6.07, 6.45) is 0. The van der Waals surface area contributed by atoms with Crippen molar-refractivity contribution in [3.63, 3.8) is 0 Å². The maximum absolute atomic E-state index is 13.3. The molecule has 8 heteroatoms. The SMILES string of the molecule is Cc1cc2nc3c(=O)n(CC[N+](C)(C)C)c(=O)nc-3n(CC[N+](C)(C)C)c2cc1C. The molecule has 0 aromatic heterocycles. The van der Waals surface area contributed by atoms with E-state index in [9.17, 15) is 9.59 Å². The quantitative estimate of drug-likeness (QED) is 0.447. The summed E-state index contributed by atoms with van der Waals surface area (Å²) in [6.45, 7) is 6.52. The standard InChI is InChI=1S/C22H34N6O2/c1-15-13-17-18(14-16(15)2)25(9-11-27(3,4)5)20-19(23-17)21(29)26(22(30)24-20)10-12-28(6,7)8/h13-14H,9-12H2,1-8H3/q+2. The van der Waals surface area contributed by atoms with Crippen molar-refractivity contribution in [2.75, 3.05) is 55.4 Å². The van der Waals surface area contributed by atoms with Crippen molar-refractivity contribution in [3.8, 4) is 11.5 Å². The molecule has 0 N–H and O–H groups in total. The van der Waals surface area contributed by atoms with Crippen molar-refractivity contribution in [3.05, 3.63) is 44.1 Å². The number of fused-ring (bicyclic) bond motifs is 2. The molecule has 1 aromatic rings. The van der Waals surface area contributed by atoms with Gasteiger partial charge in [-0.25, -0.2) is 9.78 Å². The molecular weight excluding hydrogens is 380 g/mol. The van der Waals surface area contributed by atoms with E-state index in [1.165, 1.54) is 4.57 Å². The van der Waals surface area contributed by atoms with E-state index >= 15 is 0 Å². The normalized spacial score (nSPS) is 12.8. The van der Waals surface area contributed by atoms with Crippen molar-refractivity contribution in [2.24, 2.45) is 0 Å². The van der Waals surface area contributed by atoms with E-state index in [1.54, 1.807) is 0 Å². The molecule has 0 fully saturated rings. The highest BCUT2D eigenvalue weighted by atomic mass is 16.2. The molecule has 30 heavy (non-hydrogen) atoms. The van der Waals surface area contributed by atoms with Gasteiger partial charge in [-0.1, -0.05) is 0 Å². The molecule has 2 aliphatic heterocycles. The molecule has 0 saturated heterocycles. The highest BCUT2D eigenvalue weighted by Gasteiger charge is 2.23. The Balaban J connectivity index is 2.30. The Morgan fingerprint density at radius 3 is 1.90 bits per heavy atom. The minimum absolute atomic E-state index is 0.258. The maximum atomic E-state index is 13.3. The van der Waals surface area contributed by atoms with E-state index < -0.39 is 5.69 Å². The summed E-state index contributed by atoms with van der Waals surface area (Å²) < 4.78 is 4.61. The number of rotatable bonds is 6. The van der Waals surface area contributed by atoms with Gasteiger partial charge in [0.1, 0.15) is 0 Å². The van der Waals surface area contributed by atoms with Crippen LogP contribution in [-0.4, -0.2) is 83.4 Å². The van der Waals surface area contributed by atoms with Crippen LogP contribution in [0, 0.1) is 13.8 Å². The number of hydrogen-bond donors (Lipinski definition) is 0.